The predicted octanol–water partition coefficient (Wildman–Crippen LogP) is 4.66. The van der Waals surface area contributed by atoms with Crippen molar-refractivity contribution in [1.82, 2.24) is 0 Å². The van der Waals surface area contributed by atoms with Gasteiger partial charge in [0.1, 0.15) is 0 Å². The molecular formula is C13H27NOS2. The second kappa shape index (κ2) is 10.1. The predicted molar refractivity (Wildman–Crippen MR) is 82.9 cm³/mol. The molecule has 0 bridgehead atoms. The molecule has 0 aromatic heterocycles. The van der Waals surface area contributed by atoms with Crippen LogP contribution in [0.25, 0.3) is 0 Å². The van der Waals surface area contributed by atoms with Crippen molar-refractivity contribution >= 4 is 29.2 Å². The third-order valence-corrected chi connectivity index (χ3v) is 5.61. The zero-order valence-corrected chi connectivity index (χ0v) is 13.3. The molecule has 0 aromatic rings. The summed E-state index contributed by atoms with van der Waals surface area (Å²) in [6.07, 6.45) is 5.41. The van der Waals surface area contributed by atoms with Gasteiger partial charge < -0.3 is 5.21 Å². The molecule has 0 aromatic carbocycles. The lowest BCUT2D eigenvalue weighted by Crippen LogP contribution is -2.26. The van der Waals surface area contributed by atoms with Crippen LogP contribution in [0.15, 0.2) is 5.16 Å². The highest BCUT2D eigenvalue weighted by Gasteiger charge is 2.22. The Morgan fingerprint density at radius 2 is 1.82 bits per heavy atom. The van der Waals surface area contributed by atoms with Crippen molar-refractivity contribution in [2.45, 2.75) is 58.1 Å². The van der Waals surface area contributed by atoms with E-state index in [1.807, 2.05) is 30.4 Å². The molecule has 0 heterocycles. The van der Waals surface area contributed by atoms with Crippen LogP contribution < -0.4 is 0 Å². The Hall–Kier alpha value is 0.170. The average molecular weight is 277 g/mol. The monoisotopic (exact) mass is 277 g/mol. The van der Waals surface area contributed by atoms with Crippen molar-refractivity contribution < 1.29 is 5.21 Å². The van der Waals surface area contributed by atoms with Gasteiger partial charge in [0, 0.05) is 11.5 Å². The van der Waals surface area contributed by atoms with Gasteiger partial charge in [-0.05, 0) is 32.9 Å². The van der Waals surface area contributed by atoms with Crippen LogP contribution in [-0.2, 0) is 0 Å². The van der Waals surface area contributed by atoms with Gasteiger partial charge in [0.05, 0.1) is 10.5 Å². The van der Waals surface area contributed by atoms with E-state index in [1.165, 1.54) is 37.2 Å². The first kappa shape index (κ1) is 17.2. The summed E-state index contributed by atoms with van der Waals surface area (Å²) in [5, 5.41) is 12.1. The second-order valence-electron chi connectivity index (χ2n) is 4.72. The Labute approximate surface area is 115 Å². The summed E-state index contributed by atoms with van der Waals surface area (Å²) in [5.74, 6) is 3.60. The minimum atomic E-state index is -0.0441. The number of hydrogen-bond donors (Lipinski definition) is 1. The normalized spacial score (nSPS) is 13.1. The number of hydrogen-bond acceptors (Lipinski definition) is 4. The van der Waals surface area contributed by atoms with Crippen LogP contribution in [0, 0.1) is 0 Å². The highest BCUT2D eigenvalue weighted by Crippen LogP contribution is 2.26. The van der Waals surface area contributed by atoms with Crippen molar-refractivity contribution in [3.05, 3.63) is 0 Å². The minimum Gasteiger partial charge on any atom is -0.411 e. The first-order valence-electron chi connectivity index (χ1n) is 6.45. The van der Waals surface area contributed by atoms with Crippen LogP contribution >= 0.6 is 23.5 Å². The summed E-state index contributed by atoms with van der Waals surface area (Å²) in [5.41, 5.74) is 0.801. The summed E-state index contributed by atoms with van der Waals surface area (Å²) in [6.45, 7) is 8.35. The maximum atomic E-state index is 8.76. The molecule has 0 aliphatic heterocycles. The van der Waals surface area contributed by atoms with Gasteiger partial charge >= 0.3 is 0 Å². The molecule has 0 rings (SSSR count). The number of rotatable bonds is 10. The first-order valence-corrected chi connectivity index (χ1v) is 8.59. The Morgan fingerprint density at radius 1 is 1.12 bits per heavy atom. The maximum Gasteiger partial charge on any atom is 0.0694 e. The lowest BCUT2D eigenvalue weighted by Gasteiger charge is -2.22. The average Bonchev–Trinajstić information content (AvgIpc) is 2.31. The van der Waals surface area contributed by atoms with E-state index in [1.54, 1.807) is 0 Å². The van der Waals surface area contributed by atoms with Crippen LogP contribution in [0.3, 0.4) is 0 Å². The standard InChI is InChI=1S/C13H27NOS2/c1-5-6-7-8-9-16-10-11-17-13(3,4)12(2)14-15/h15H,5-11H2,1-4H3/b14-12-. The smallest absolute Gasteiger partial charge is 0.0694 e. The zero-order chi connectivity index (χ0) is 13.1. The van der Waals surface area contributed by atoms with E-state index in [0.717, 1.165) is 11.5 Å². The summed E-state index contributed by atoms with van der Waals surface area (Å²) in [4.78, 5) is 0. The number of thioether (sulfide) groups is 2. The molecule has 17 heavy (non-hydrogen) atoms. The Balaban J connectivity index is 3.45. The molecule has 0 fully saturated rings. The summed E-state index contributed by atoms with van der Waals surface area (Å²) in [7, 11) is 0. The second-order valence-corrected chi connectivity index (χ2v) is 7.66. The molecule has 1 N–H and O–H groups in total. The summed E-state index contributed by atoms with van der Waals surface area (Å²) >= 11 is 3.91. The van der Waals surface area contributed by atoms with Gasteiger partial charge in [-0.15, -0.1) is 11.8 Å². The van der Waals surface area contributed by atoms with Gasteiger partial charge in [-0.3, -0.25) is 0 Å². The van der Waals surface area contributed by atoms with Crippen LogP contribution in [0.5, 0.6) is 0 Å². The molecule has 0 aliphatic carbocycles. The van der Waals surface area contributed by atoms with Crippen LogP contribution in [-0.4, -0.2) is 32.9 Å². The van der Waals surface area contributed by atoms with Crippen molar-refractivity contribution in [2.24, 2.45) is 5.16 Å². The number of unbranched alkanes of at least 4 members (excludes halogenated alkanes) is 3. The highest BCUT2D eigenvalue weighted by atomic mass is 32.2. The molecule has 4 heteroatoms. The van der Waals surface area contributed by atoms with E-state index in [4.69, 9.17) is 5.21 Å². The fourth-order valence-corrected chi connectivity index (χ4v) is 3.49. The minimum absolute atomic E-state index is 0.0441. The molecule has 0 saturated heterocycles. The third-order valence-electron chi connectivity index (χ3n) is 2.85. The summed E-state index contributed by atoms with van der Waals surface area (Å²) in [6, 6.07) is 0. The summed E-state index contributed by atoms with van der Waals surface area (Å²) < 4.78 is -0.0441. The molecule has 0 spiro atoms. The van der Waals surface area contributed by atoms with Gasteiger partial charge in [0.2, 0.25) is 0 Å². The molecule has 0 amide bonds. The Kier molecular flexibility index (Phi) is 10.2. The van der Waals surface area contributed by atoms with E-state index in [2.05, 4.69) is 25.9 Å². The number of oxime groups is 1. The van der Waals surface area contributed by atoms with Crippen molar-refractivity contribution in [3.8, 4) is 0 Å². The van der Waals surface area contributed by atoms with Crippen LogP contribution in [0.1, 0.15) is 53.4 Å². The SMILES string of the molecule is CCCCCCSCCSC(C)(C)/C(C)=N\O. The third kappa shape index (κ3) is 8.83. The van der Waals surface area contributed by atoms with Gasteiger partial charge in [0.15, 0.2) is 0 Å². The van der Waals surface area contributed by atoms with Crippen LogP contribution in [0.2, 0.25) is 0 Å². The Bertz CT molecular complexity index is 217. The Morgan fingerprint density at radius 3 is 2.41 bits per heavy atom. The molecule has 0 radical (unpaired) electrons. The number of nitrogens with zero attached hydrogens (tertiary/aromatic N) is 1. The molecule has 0 unspecified atom stereocenters. The fraction of sp³-hybridized carbons (Fsp3) is 0.923. The fourth-order valence-electron chi connectivity index (χ4n) is 1.31. The van der Waals surface area contributed by atoms with Gasteiger partial charge in [0.25, 0.3) is 0 Å². The topological polar surface area (TPSA) is 32.6 Å². The quantitative estimate of drug-likeness (QED) is 0.273. The molecule has 0 aliphatic rings. The lowest BCUT2D eigenvalue weighted by atomic mass is 10.1. The lowest BCUT2D eigenvalue weighted by molar-refractivity contribution is 0.316. The molecular weight excluding hydrogens is 250 g/mol. The maximum absolute atomic E-state index is 8.76. The van der Waals surface area contributed by atoms with E-state index < -0.39 is 0 Å². The van der Waals surface area contributed by atoms with Crippen molar-refractivity contribution in [2.75, 3.05) is 17.3 Å². The van der Waals surface area contributed by atoms with E-state index >= 15 is 0 Å². The van der Waals surface area contributed by atoms with Crippen LogP contribution in [0.4, 0.5) is 0 Å². The van der Waals surface area contributed by atoms with Gasteiger partial charge in [-0.25, -0.2) is 0 Å². The van der Waals surface area contributed by atoms with E-state index in [9.17, 15) is 0 Å². The molecule has 2 nitrogen and oxygen atoms in total. The first-order chi connectivity index (χ1) is 8.04. The highest BCUT2D eigenvalue weighted by molar-refractivity contribution is 8.04. The van der Waals surface area contributed by atoms with Crippen molar-refractivity contribution in [3.63, 3.8) is 0 Å². The van der Waals surface area contributed by atoms with Gasteiger partial charge in [-0.1, -0.05) is 31.3 Å². The largest absolute Gasteiger partial charge is 0.411 e. The molecule has 0 atom stereocenters. The van der Waals surface area contributed by atoms with Crippen molar-refractivity contribution in [1.29, 1.82) is 0 Å². The van der Waals surface area contributed by atoms with E-state index in [-0.39, 0.29) is 4.75 Å². The van der Waals surface area contributed by atoms with E-state index in [0.29, 0.717) is 0 Å². The zero-order valence-electron chi connectivity index (χ0n) is 11.7. The molecule has 0 saturated carbocycles. The molecule has 102 valence electrons. The van der Waals surface area contributed by atoms with Gasteiger partial charge in [-0.2, -0.15) is 11.8 Å².